The predicted octanol–water partition coefficient (Wildman–Crippen LogP) is 3.62. The van der Waals surface area contributed by atoms with E-state index >= 15 is 0 Å². The van der Waals surface area contributed by atoms with Gasteiger partial charge in [0.2, 0.25) is 0 Å². The van der Waals surface area contributed by atoms with Crippen LogP contribution in [0.15, 0.2) is 24.3 Å². The van der Waals surface area contributed by atoms with E-state index in [-0.39, 0.29) is 5.78 Å². The summed E-state index contributed by atoms with van der Waals surface area (Å²) in [5, 5.41) is 0. The molecule has 0 N–H and O–H groups in total. The van der Waals surface area contributed by atoms with Gasteiger partial charge in [-0.25, -0.2) is 0 Å². The Morgan fingerprint density at radius 2 is 1.63 bits per heavy atom. The monoisotopic (exact) mass is 273 g/mol. The molecule has 0 bridgehead atoms. The van der Waals surface area contributed by atoms with Gasteiger partial charge in [0.1, 0.15) is 0 Å². The summed E-state index contributed by atoms with van der Waals surface area (Å²) in [5.41, 5.74) is -0.395. The molecule has 0 amide bonds. The summed E-state index contributed by atoms with van der Waals surface area (Å²) in [6, 6.07) is 4.38. The lowest BCUT2D eigenvalue weighted by molar-refractivity contribution is -0.137. The van der Waals surface area contributed by atoms with Crippen molar-refractivity contribution >= 4 is 5.78 Å². The van der Waals surface area contributed by atoms with Gasteiger partial charge in [0.25, 0.3) is 0 Å². The van der Waals surface area contributed by atoms with E-state index in [0.29, 0.717) is 18.5 Å². The number of carbonyl (C=O) groups excluding carboxylic acids is 1. The molecule has 0 aromatic heterocycles. The number of hydrogen-bond acceptors (Lipinski definition) is 2. The summed E-state index contributed by atoms with van der Waals surface area (Å²) < 4.78 is 37.1. The van der Waals surface area contributed by atoms with Crippen LogP contribution < -0.4 is 0 Å². The quantitative estimate of drug-likeness (QED) is 0.738. The highest BCUT2D eigenvalue weighted by Gasteiger charge is 2.30. The molecule has 0 unspecified atom stereocenters. The van der Waals surface area contributed by atoms with Crippen LogP contribution in [0.2, 0.25) is 0 Å². The van der Waals surface area contributed by atoms with Gasteiger partial charge in [-0.3, -0.25) is 4.79 Å². The number of alkyl halides is 3. The van der Waals surface area contributed by atoms with Crippen molar-refractivity contribution < 1.29 is 18.0 Å². The lowest BCUT2D eigenvalue weighted by Gasteiger charge is -2.17. The molecular weight excluding hydrogens is 255 g/mol. The van der Waals surface area contributed by atoms with Crippen LogP contribution in [-0.4, -0.2) is 30.3 Å². The van der Waals surface area contributed by atoms with E-state index in [4.69, 9.17) is 0 Å². The van der Waals surface area contributed by atoms with Gasteiger partial charge in [-0.2, -0.15) is 13.2 Å². The Morgan fingerprint density at radius 1 is 1.11 bits per heavy atom. The van der Waals surface area contributed by atoms with E-state index in [1.807, 2.05) is 13.8 Å². The Morgan fingerprint density at radius 3 is 2.05 bits per heavy atom. The van der Waals surface area contributed by atoms with E-state index in [1.165, 1.54) is 12.1 Å². The number of benzene rings is 1. The van der Waals surface area contributed by atoms with Gasteiger partial charge in [0.15, 0.2) is 5.78 Å². The van der Waals surface area contributed by atoms with Crippen LogP contribution in [-0.2, 0) is 6.18 Å². The van der Waals surface area contributed by atoms with Gasteiger partial charge in [-0.1, -0.05) is 26.0 Å². The lowest BCUT2D eigenvalue weighted by atomic mass is 10.1. The van der Waals surface area contributed by atoms with Crippen molar-refractivity contribution in [3.63, 3.8) is 0 Å². The maximum Gasteiger partial charge on any atom is 0.416 e. The van der Waals surface area contributed by atoms with Crippen LogP contribution in [0.3, 0.4) is 0 Å². The smallest absolute Gasteiger partial charge is 0.303 e. The van der Waals surface area contributed by atoms with Crippen molar-refractivity contribution in [2.24, 2.45) is 0 Å². The summed E-state index contributed by atoms with van der Waals surface area (Å²) in [6.07, 6.45) is -4.03. The summed E-state index contributed by atoms with van der Waals surface area (Å²) in [6.45, 7) is 6.36. The molecule has 0 heterocycles. The van der Waals surface area contributed by atoms with E-state index < -0.39 is 11.7 Å². The fourth-order valence-electron chi connectivity index (χ4n) is 1.79. The Hall–Kier alpha value is -1.36. The molecule has 0 saturated heterocycles. The molecule has 0 radical (unpaired) electrons. The van der Waals surface area contributed by atoms with Crippen LogP contribution in [0, 0.1) is 0 Å². The van der Waals surface area contributed by atoms with E-state index in [0.717, 1.165) is 25.2 Å². The molecule has 19 heavy (non-hydrogen) atoms. The number of Topliss-reactive ketones (excluding diaryl/α,β-unsaturated/α-hetero) is 1. The fraction of sp³-hybridized carbons (Fsp3) is 0.500. The van der Waals surface area contributed by atoms with Gasteiger partial charge in [0.05, 0.1) is 5.56 Å². The van der Waals surface area contributed by atoms with Gasteiger partial charge in [-0.05, 0) is 25.2 Å². The molecule has 106 valence electrons. The van der Waals surface area contributed by atoms with E-state index in [9.17, 15) is 18.0 Å². The van der Waals surface area contributed by atoms with Crippen molar-refractivity contribution in [1.82, 2.24) is 4.90 Å². The van der Waals surface area contributed by atoms with Gasteiger partial charge >= 0.3 is 6.18 Å². The Balaban J connectivity index is 2.63. The van der Waals surface area contributed by atoms with E-state index in [2.05, 4.69) is 4.90 Å². The van der Waals surface area contributed by atoms with Crippen LogP contribution in [0.5, 0.6) is 0 Å². The highest BCUT2D eigenvalue weighted by molar-refractivity contribution is 5.96. The number of rotatable bonds is 6. The molecule has 2 nitrogen and oxygen atoms in total. The first-order valence-electron chi connectivity index (χ1n) is 6.31. The molecule has 0 atom stereocenters. The zero-order valence-corrected chi connectivity index (χ0v) is 11.1. The van der Waals surface area contributed by atoms with Gasteiger partial charge < -0.3 is 4.90 Å². The second-order valence-electron chi connectivity index (χ2n) is 4.28. The summed E-state index contributed by atoms with van der Waals surface area (Å²) in [4.78, 5) is 13.9. The first kappa shape index (κ1) is 15.7. The summed E-state index contributed by atoms with van der Waals surface area (Å²) in [5.74, 6) is -0.124. The summed E-state index contributed by atoms with van der Waals surface area (Å²) in [7, 11) is 0. The highest BCUT2D eigenvalue weighted by atomic mass is 19.4. The minimum atomic E-state index is -4.36. The molecule has 0 aliphatic carbocycles. The molecule has 0 fully saturated rings. The Bertz CT molecular complexity index is 408. The minimum Gasteiger partial charge on any atom is -0.303 e. The Labute approximate surface area is 111 Å². The molecule has 0 spiro atoms. The predicted molar refractivity (Wildman–Crippen MR) is 68.2 cm³/mol. The average molecular weight is 273 g/mol. The molecule has 0 aliphatic heterocycles. The maximum atomic E-state index is 12.4. The molecule has 0 aliphatic rings. The molecule has 0 saturated carbocycles. The lowest BCUT2D eigenvalue weighted by Crippen LogP contribution is -2.25. The van der Waals surface area contributed by atoms with Crippen molar-refractivity contribution in [2.45, 2.75) is 26.4 Å². The number of ketones is 1. The highest BCUT2D eigenvalue weighted by Crippen LogP contribution is 2.29. The zero-order chi connectivity index (χ0) is 14.5. The van der Waals surface area contributed by atoms with Crippen LogP contribution >= 0.6 is 0 Å². The number of halogens is 3. The van der Waals surface area contributed by atoms with Crippen LogP contribution in [0.4, 0.5) is 13.2 Å². The molecular formula is C14H18F3NO. The zero-order valence-electron chi connectivity index (χ0n) is 11.1. The fourth-order valence-corrected chi connectivity index (χ4v) is 1.79. The maximum absolute atomic E-state index is 12.4. The number of nitrogens with zero attached hydrogens (tertiary/aromatic N) is 1. The van der Waals surface area contributed by atoms with Crippen molar-refractivity contribution in [3.8, 4) is 0 Å². The standard InChI is InChI=1S/C14H18F3NO/c1-3-18(4-2)10-9-13(19)11-5-7-12(8-6-11)14(15,16)17/h5-8H,3-4,9-10H2,1-2H3. The largest absolute Gasteiger partial charge is 0.416 e. The van der Waals surface area contributed by atoms with Gasteiger partial charge in [-0.15, -0.1) is 0 Å². The molecule has 1 aromatic rings. The van der Waals surface area contributed by atoms with E-state index in [1.54, 1.807) is 0 Å². The van der Waals surface area contributed by atoms with Crippen LogP contribution in [0.25, 0.3) is 0 Å². The normalized spacial score (nSPS) is 11.9. The third-order valence-electron chi connectivity index (χ3n) is 3.08. The van der Waals surface area contributed by atoms with Gasteiger partial charge in [0, 0.05) is 18.5 Å². The Kier molecular flexibility index (Phi) is 5.54. The van der Waals surface area contributed by atoms with Crippen LogP contribution in [0.1, 0.15) is 36.2 Å². The molecule has 5 heteroatoms. The minimum absolute atomic E-state index is 0.124. The van der Waals surface area contributed by atoms with Crippen molar-refractivity contribution in [2.75, 3.05) is 19.6 Å². The SMILES string of the molecule is CCN(CC)CCC(=O)c1ccc(C(F)(F)F)cc1. The number of hydrogen-bond donors (Lipinski definition) is 0. The topological polar surface area (TPSA) is 20.3 Å². The van der Waals surface area contributed by atoms with Crippen molar-refractivity contribution in [1.29, 1.82) is 0 Å². The third-order valence-corrected chi connectivity index (χ3v) is 3.08. The summed E-state index contributed by atoms with van der Waals surface area (Å²) >= 11 is 0. The molecule has 1 rings (SSSR count). The van der Waals surface area contributed by atoms with Crippen molar-refractivity contribution in [3.05, 3.63) is 35.4 Å². The molecule has 1 aromatic carbocycles. The number of carbonyl (C=O) groups is 1. The first-order chi connectivity index (χ1) is 8.88. The second-order valence-corrected chi connectivity index (χ2v) is 4.28. The second kappa shape index (κ2) is 6.70. The third kappa shape index (κ3) is 4.67. The first-order valence-corrected chi connectivity index (χ1v) is 6.31. The average Bonchev–Trinajstić information content (AvgIpc) is 2.39.